The molecule has 2 aromatic rings. The lowest BCUT2D eigenvalue weighted by atomic mass is 10.0. The zero-order valence-electron chi connectivity index (χ0n) is 18.4. The number of hydrazone groups is 1. The van der Waals surface area contributed by atoms with Gasteiger partial charge in [-0.05, 0) is 49.1 Å². The van der Waals surface area contributed by atoms with E-state index >= 15 is 0 Å². The van der Waals surface area contributed by atoms with Crippen LogP contribution in [-0.2, 0) is 11.2 Å². The first-order valence-corrected chi connectivity index (χ1v) is 10.6. The van der Waals surface area contributed by atoms with Crippen LogP contribution >= 0.6 is 11.6 Å². The average Bonchev–Trinajstić information content (AvgIpc) is 2.75. The lowest BCUT2D eigenvalue weighted by Crippen LogP contribution is -2.48. The van der Waals surface area contributed by atoms with Gasteiger partial charge in [-0.1, -0.05) is 43.7 Å². The van der Waals surface area contributed by atoms with Crippen LogP contribution in [0.15, 0.2) is 54.2 Å². The summed E-state index contributed by atoms with van der Waals surface area (Å²) in [6.45, 7) is 9.53. The second kappa shape index (κ2) is 11.9. The molecule has 0 aliphatic rings. The van der Waals surface area contributed by atoms with Crippen molar-refractivity contribution in [2.45, 2.75) is 33.2 Å². The van der Waals surface area contributed by atoms with E-state index in [-0.39, 0.29) is 11.7 Å². The highest BCUT2D eigenvalue weighted by Crippen LogP contribution is 2.32. The van der Waals surface area contributed by atoms with E-state index < -0.39 is 17.9 Å². The van der Waals surface area contributed by atoms with Gasteiger partial charge in [-0.2, -0.15) is 5.10 Å². The number of nitrogens with zero attached hydrogens (tertiary/aromatic N) is 1. The molecule has 0 fully saturated rings. The number of halogens is 1. The van der Waals surface area contributed by atoms with Crippen molar-refractivity contribution < 1.29 is 19.4 Å². The van der Waals surface area contributed by atoms with Gasteiger partial charge in [0.2, 0.25) is 0 Å². The molecule has 2 aromatic carbocycles. The highest BCUT2D eigenvalue weighted by molar-refractivity contribution is 6.33. The van der Waals surface area contributed by atoms with Gasteiger partial charge in [-0.25, -0.2) is 5.43 Å². The number of carbonyl (C=O) groups excluding carboxylic acids is 2. The van der Waals surface area contributed by atoms with Crippen molar-refractivity contribution in [3.63, 3.8) is 0 Å². The first-order chi connectivity index (χ1) is 15.3. The number of nitrogens with one attached hydrogen (secondary N) is 2. The zero-order chi connectivity index (χ0) is 23.7. The molecular formula is C24H28ClN3O4. The number of ether oxygens (including phenoxy) is 1. The van der Waals surface area contributed by atoms with Crippen LogP contribution in [-0.4, -0.2) is 35.8 Å². The Labute approximate surface area is 193 Å². The number of phenols is 1. The van der Waals surface area contributed by atoms with Gasteiger partial charge >= 0.3 is 0 Å². The van der Waals surface area contributed by atoms with Crippen LogP contribution in [0.25, 0.3) is 0 Å². The summed E-state index contributed by atoms with van der Waals surface area (Å²) in [5.41, 5.74) is 4.01. The van der Waals surface area contributed by atoms with Crippen LogP contribution in [0.1, 0.15) is 42.3 Å². The SMILES string of the molecule is C=CCc1cc(C=NNC(=O)C(NC(=O)c2ccccc2Cl)C(C)C)cc(OCC)c1O. The number of carbonyl (C=O) groups is 2. The van der Waals surface area contributed by atoms with Crippen LogP contribution in [0.3, 0.4) is 0 Å². The maximum absolute atomic E-state index is 12.7. The molecule has 0 saturated heterocycles. The summed E-state index contributed by atoms with van der Waals surface area (Å²) in [5.74, 6) is -0.718. The molecule has 8 heteroatoms. The lowest BCUT2D eigenvalue weighted by molar-refractivity contribution is -0.123. The smallest absolute Gasteiger partial charge is 0.262 e. The van der Waals surface area contributed by atoms with E-state index in [0.717, 1.165) is 0 Å². The molecule has 2 rings (SSSR count). The highest BCUT2D eigenvalue weighted by atomic mass is 35.5. The zero-order valence-corrected chi connectivity index (χ0v) is 19.1. The third kappa shape index (κ3) is 6.59. The Kier molecular flexibility index (Phi) is 9.28. The first-order valence-electron chi connectivity index (χ1n) is 10.3. The van der Waals surface area contributed by atoms with Gasteiger partial charge in [0.1, 0.15) is 6.04 Å². The van der Waals surface area contributed by atoms with Gasteiger partial charge in [-0.15, -0.1) is 6.58 Å². The number of rotatable bonds is 10. The molecule has 0 bridgehead atoms. The summed E-state index contributed by atoms with van der Waals surface area (Å²) in [6, 6.07) is 9.17. The minimum absolute atomic E-state index is 0.0510. The Morgan fingerprint density at radius 1 is 1.28 bits per heavy atom. The van der Waals surface area contributed by atoms with E-state index in [0.29, 0.717) is 40.5 Å². The Morgan fingerprint density at radius 2 is 2.00 bits per heavy atom. The van der Waals surface area contributed by atoms with E-state index in [1.807, 2.05) is 20.8 Å². The number of phenolic OH excluding ortho intramolecular Hbond substituents is 1. The average molecular weight is 458 g/mol. The third-order valence-corrected chi connectivity index (χ3v) is 4.91. The molecular weight excluding hydrogens is 430 g/mol. The molecule has 0 aliphatic heterocycles. The Hall–Kier alpha value is -3.32. The molecule has 32 heavy (non-hydrogen) atoms. The molecule has 1 unspecified atom stereocenters. The van der Waals surface area contributed by atoms with E-state index in [4.69, 9.17) is 16.3 Å². The molecule has 0 aliphatic carbocycles. The number of hydrogen-bond acceptors (Lipinski definition) is 5. The van der Waals surface area contributed by atoms with E-state index in [2.05, 4.69) is 22.4 Å². The van der Waals surface area contributed by atoms with Gasteiger partial charge in [-0.3, -0.25) is 9.59 Å². The standard InChI is InChI=1S/C24H28ClN3O4/c1-5-9-17-12-16(13-20(22(17)29)32-6-2)14-26-28-24(31)21(15(3)4)27-23(30)18-10-7-8-11-19(18)25/h5,7-8,10-15,21,29H,1,6,9H2,2-4H3,(H,27,30)(H,28,31). The van der Waals surface area contributed by atoms with Crippen LogP contribution in [0.5, 0.6) is 11.5 Å². The van der Waals surface area contributed by atoms with Gasteiger partial charge in [0, 0.05) is 5.56 Å². The summed E-state index contributed by atoms with van der Waals surface area (Å²) < 4.78 is 5.47. The minimum atomic E-state index is -0.814. The summed E-state index contributed by atoms with van der Waals surface area (Å²) in [5, 5.41) is 17.3. The number of amides is 2. The normalized spacial score (nSPS) is 11.9. The molecule has 0 aromatic heterocycles. The topological polar surface area (TPSA) is 100 Å². The lowest BCUT2D eigenvalue weighted by Gasteiger charge is -2.20. The van der Waals surface area contributed by atoms with E-state index in [1.165, 1.54) is 6.21 Å². The van der Waals surface area contributed by atoms with Crippen molar-refractivity contribution in [3.8, 4) is 11.5 Å². The van der Waals surface area contributed by atoms with Gasteiger partial charge in [0.15, 0.2) is 11.5 Å². The molecule has 0 radical (unpaired) electrons. The Morgan fingerprint density at radius 3 is 2.62 bits per heavy atom. The highest BCUT2D eigenvalue weighted by Gasteiger charge is 2.25. The molecule has 0 saturated carbocycles. The van der Waals surface area contributed by atoms with Crippen molar-refractivity contribution in [1.29, 1.82) is 0 Å². The van der Waals surface area contributed by atoms with Crippen LogP contribution in [0, 0.1) is 5.92 Å². The fourth-order valence-electron chi connectivity index (χ4n) is 2.98. The molecule has 0 spiro atoms. The van der Waals surface area contributed by atoms with Gasteiger partial charge < -0.3 is 15.2 Å². The van der Waals surface area contributed by atoms with Gasteiger partial charge in [0.25, 0.3) is 11.8 Å². The van der Waals surface area contributed by atoms with Crippen LogP contribution in [0.4, 0.5) is 0 Å². The monoisotopic (exact) mass is 457 g/mol. The number of hydrogen-bond donors (Lipinski definition) is 3. The Balaban J connectivity index is 2.13. The maximum Gasteiger partial charge on any atom is 0.262 e. The minimum Gasteiger partial charge on any atom is -0.504 e. The largest absolute Gasteiger partial charge is 0.504 e. The third-order valence-electron chi connectivity index (χ3n) is 4.58. The fraction of sp³-hybridized carbons (Fsp3) is 0.292. The second-order valence-corrected chi connectivity index (χ2v) is 7.77. The summed E-state index contributed by atoms with van der Waals surface area (Å²) in [6.07, 6.45) is 3.56. The molecule has 3 N–H and O–H groups in total. The number of allylic oxidation sites excluding steroid dienone is 1. The van der Waals surface area contributed by atoms with Crippen LogP contribution < -0.4 is 15.5 Å². The van der Waals surface area contributed by atoms with E-state index in [1.54, 1.807) is 42.5 Å². The van der Waals surface area contributed by atoms with E-state index in [9.17, 15) is 14.7 Å². The number of aromatic hydroxyl groups is 1. The summed E-state index contributed by atoms with van der Waals surface area (Å²) in [7, 11) is 0. The quantitative estimate of drug-likeness (QED) is 0.284. The molecule has 1 atom stereocenters. The Bertz CT molecular complexity index is 1000. The molecule has 7 nitrogen and oxygen atoms in total. The first kappa shape index (κ1) is 24.9. The van der Waals surface area contributed by atoms with Crippen molar-refractivity contribution in [1.82, 2.24) is 10.7 Å². The van der Waals surface area contributed by atoms with Gasteiger partial charge in [0.05, 0.1) is 23.4 Å². The predicted molar refractivity (Wildman–Crippen MR) is 126 cm³/mol. The molecule has 170 valence electrons. The molecule has 0 heterocycles. The predicted octanol–water partition coefficient (Wildman–Crippen LogP) is 4.08. The van der Waals surface area contributed by atoms with Crippen molar-refractivity contribution in [2.24, 2.45) is 11.0 Å². The second-order valence-electron chi connectivity index (χ2n) is 7.36. The van der Waals surface area contributed by atoms with Crippen molar-refractivity contribution in [3.05, 3.63) is 70.8 Å². The van der Waals surface area contributed by atoms with Crippen molar-refractivity contribution >= 4 is 29.6 Å². The maximum atomic E-state index is 12.7. The molecule has 2 amide bonds. The fourth-order valence-corrected chi connectivity index (χ4v) is 3.20. The summed E-state index contributed by atoms with van der Waals surface area (Å²) >= 11 is 6.08. The van der Waals surface area contributed by atoms with Crippen LogP contribution in [0.2, 0.25) is 5.02 Å². The van der Waals surface area contributed by atoms with Crippen molar-refractivity contribution in [2.75, 3.05) is 6.61 Å². The number of benzene rings is 2. The summed E-state index contributed by atoms with van der Waals surface area (Å²) in [4.78, 5) is 25.2.